The first-order valence-corrected chi connectivity index (χ1v) is 28.7. The van der Waals surface area contributed by atoms with E-state index in [1.54, 1.807) is 0 Å². The van der Waals surface area contributed by atoms with Crippen LogP contribution in [0, 0.1) is 13.8 Å². The molecule has 3 aromatic heterocycles. The van der Waals surface area contributed by atoms with Crippen LogP contribution < -0.4 is 4.90 Å². The number of hydrogen-bond acceptors (Lipinski definition) is 3. The third kappa shape index (κ3) is 6.04. The second-order valence-corrected chi connectivity index (χ2v) is 24.9. The number of rotatable bonds is 5. The standard InChI is InChI=1S/C77H58N2O2/c1-43-30-36-61(44(2)38-43)78(48-33-35-52-59(41-48)77(7,8)71-67(52)69-54-25-15-19-29-65(54)81-74(69)70-50-23-12-16-26-57(50)76(5,6)72(70)71)47-32-34-51-58(40-47)75(3,4)60-42-55(73-68(66(51)60)53-24-14-18-28-64(53)80-73)45-31-37-63-56(39-45)49-22-13-17-27-62(49)79(63)46-20-10-9-11-21-46/h9-42H,1-8H3. The Bertz CT molecular complexity index is 5110. The molecular formula is C77H58N2O2. The number of anilines is 3. The Hall–Kier alpha value is -9.38. The second kappa shape index (κ2) is 15.9. The molecule has 0 fully saturated rings. The van der Waals surface area contributed by atoms with Gasteiger partial charge >= 0.3 is 0 Å². The molecule has 17 rings (SSSR count). The van der Waals surface area contributed by atoms with Gasteiger partial charge in [0.1, 0.15) is 22.3 Å². The highest BCUT2D eigenvalue weighted by molar-refractivity contribution is 6.22. The van der Waals surface area contributed by atoms with Crippen molar-refractivity contribution < 1.29 is 8.83 Å². The predicted octanol–water partition coefficient (Wildman–Crippen LogP) is 21.3. The molecule has 14 aromatic rings. The van der Waals surface area contributed by atoms with E-state index in [4.69, 9.17) is 8.83 Å². The maximum atomic E-state index is 7.07. The molecule has 0 unspecified atom stereocenters. The Balaban J connectivity index is 0.858. The van der Waals surface area contributed by atoms with Gasteiger partial charge in [0, 0.05) is 82.4 Å². The minimum absolute atomic E-state index is 0.238. The summed E-state index contributed by atoms with van der Waals surface area (Å²) >= 11 is 0. The molecule has 0 saturated heterocycles. The van der Waals surface area contributed by atoms with Gasteiger partial charge < -0.3 is 18.3 Å². The summed E-state index contributed by atoms with van der Waals surface area (Å²) in [5, 5.41) is 7.15. The van der Waals surface area contributed by atoms with E-state index >= 15 is 0 Å². The maximum absolute atomic E-state index is 7.07. The van der Waals surface area contributed by atoms with Gasteiger partial charge in [-0.15, -0.1) is 0 Å². The molecule has 0 atom stereocenters. The van der Waals surface area contributed by atoms with Crippen molar-refractivity contribution in [3.63, 3.8) is 0 Å². The first kappa shape index (κ1) is 46.5. The van der Waals surface area contributed by atoms with Crippen LogP contribution in [0.4, 0.5) is 17.1 Å². The quantitative estimate of drug-likeness (QED) is 0.172. The van der Waals surface area contributed by atoms with Crippen molar-refractivity contribution in [2.75, 3.05) is 4.90 Å². The molecule has 81 heavy (non-hydrogen) atoms. The lowest BCUT2D eigenvalue weighted by Crippen LogP contribution is -2.24. The van der Waals surface area contributed by atoms with Crippen molar-refractivity contribution >= 4 is 82.7 Å². The van der Waals surface area contributed by atoms with Gasteiger partial charge in [-0.1, -0.05) is 174 Å². The molecule has 11 aromatic carbocycles. The van der Waals surface area contributed by atoms with Crippen LogP contribution in [0.25, 0.3) is 116 Å². The van der Waals surface area contributed by atoms with Crippen LogP contribution in [0.15, 0.2) is 215 Å². The maximum Gasteiger partial charge on any atom is 0.144 e. The zero-order chi connectivity index (χ0) is 54.6. The Kier molecular flexibility index (Phi) is 9.15. The summed E-state index contributed by atoms with van der Waals surface area (Å²) in [6.07, 6.45) is 0. The highest BCUT2D eigenvalue weighted by Gasteiger charge is 2.49. The molecule has 3 heterocycles. The molecule has 0 N–H and O–H groups in total. The monoisotopic (exact) mass is 1040 g/mol. The number of fused-ring (bicyclic) bond motifs is 22. The van der Waals surface area contributed by atoms with Gasteiger partial charge in [0.15, 0.2) is 0 Å². The van der Waals surface area contributed by atoms with Crippen molar-refractivity contribution in [1.29, 1.82) is 0 Å². The molecule has 0 amide bonds. The van der Waals surface area contributed by atoms with Gasteiger partial charge in [0.2, 0.25) is 0 Å². The Morgan fingerprint density at radius 2 is 0.951 bits per heavy atom. The van der Waals surface area contributed by atoms with E-state index in [0.29, 0.717) is 0 Å². The molecule has 0 radical (unpaired) electrons. The van der Waals surface area contributed by atoms with Crippen LogP contribution in [0.3, 0.4) is 0 Å². The summed E-state index contributed by atoms with van der Waals surface area (Å²) in [6, 6.07) is 76.7. The summed E-state index contributed by atoms with van der Waals surface area (Å²) in [4.78, 5) is 2.52. The molecule has 3 aliphatic rings. The van der Waals surface area contributed by atoms with Crippen LogP contribution in [0.2, 0.25) is 0 Å². The number of benzene rings is 11. The zero-order valence-electron chi connectivity index (χ0n) is 46.8. The van der Waals surface area contributed by atoms with Crippen molar-refractivity contribution in [2.45, 2.75) is 71.6 Å². The minimum atomic E-state index is -0.367. The van der Waals surface area contributed by atoms with Crippen molar-refractivity contribution in [2.24, 2.45) is 0 Å². The molecule has 3 aliphatic carbocycles. The third-order valence-electron chi connectivity index (χ3n) is 19.3. The second-order valence-electron chi connectivity index (χ2n) is 24.9. The minimum Gasteiger partial charge on any atom is -0.455 e. The normalized spacial score (nSPS) is 15.0. The summed E-state index contributed by atoms with van der Waals surface area (Å²) in [7, 11) is 0. The fourth-order valence-electron chi connectivity index (χ4n) is 15.6. The van der Waals surface area contributed by atoms with E-state index < -0.39 is 0 Å². The number of nitrogens with zero attached hydrogens (tertiary/aromatic N) is 2. The number of para-hydroxylation sites is 4. The molecule has 0 spiro atoms. The molecule has 4 nitrogen and oxygen atoms in total. The number of furan rings is 2. The Labute approximate surface area is 471 Å². The van der Waals surface area contributed by atoms with Gasteiger partial charge in [-0.3, -0.25) is 0 Å². The van der Waals surface area contributed by atoms with E-state index in [2.05, 4.69) is 271 Å². The largest absolute Gasteiger partial charge is 0.455 e. The van der Waals surface area contributed by atoms with Gasteiger partial charge in [0.25, 0.3) is 0 Å². The molecule has 388 valence electrons. The summed E-state index contributed by atoms with van der Waals surface area (Å²) < 4.78 is 16.5. The molecule has 0 saturated carbocycles. The van der Waals surface area contributed by atoms with Gasteiger partial charge in [-0.2, -0.15) is 0 Å². The SMILES string of the molecule is Cc1ccc(N(c2ccc3c(c2)C(C)(C)c2cc(-c4ccc5c(c4)c4ccccc4n5-c4ccccc4)c4oc5ccccc5c4c2-3)c2ccc3c(c2)C(C)(C)c2c4c(c5oc6ccccc6c5c2-3)-c2ccccc2C4(C)C)c(C)c1. The number of aryl methyl sites for hydroxylation is 2. The van der Waals surface area contributed by atoms with E-state index in [1.165, 1.54) is 116 Å². The van der Waals surface area contributed by atoms with E-state index in [9.17, 15) is 0 Å². The summed E-state index contributed by atoms with van der Waals surface area (Å²) in [5.74, 6) is 0. The van der Waals surface area contributed by atoms with E-state index in [1.807, 2.05) is 0 Å². The lowest BCUT2D eigenvalue weighted by atomic mass is 9.72. The van der Waals surface area contributed by atoms with Crippen LogP contribution in [-0.4, -0.2) is 4.57 Å². The highest BCUT2D eigenvalue weighted by Crippen LogP contribution is 2.64. The number of hydrogen-bond donors (Lipinski definition) is 0. The average Bonchev–Trinajstić information content (AvgIpc) is 2.09. The molecule has 0 bridgehead atoms. The zero-order valence-corrected chi connectivity index (χ0v) is 46.8. The average molecular weight is 1040 g/mol. The highest BCUT2D eigenvalue weighted by atomic mass is 16.3. The van der Waals surface area contributed by atoms with Crippen LogP contribution in [0.1, 0.15) is 86.1 Å². The molecular weight excluding hydrogens is 985 g/mol. The van der Waals surface area contributed by atoms with Gasteiger partial charge in [0.05, 0.1) is 11.0 Å². The number of aromatic nitrogens is 1. The van der Waals surface area contributed by atoms with Gasteiger partial charge in [-0.05, 0) is 165 Å². The molecule has 4 heteroatoms. The van der Waals surface area contributed by atoms with Crippen LogP contribution in [0.5, 0.6) is 0 Å². The fourth-order valence-corrected chi connectivity index (χ4v) is 15.6. The smallest absolute Gasteiger partial charge is 0.144 e. The van der Waals surface area contributed by atoms with E-state index in [-0.39, 0.29) is 16.2 Å². The van der Waals surface area contributed by atoms with Crippen LogP contribution in [-0.2, 0) is 16.2 Å². The van der Waals surface area contributed by atoms with E-state index in [0.717, 1.165) is 61.6 Å². The Morgan fingerprint density at radius 1 is 0.383 bits per heavy atom. The topological polar surface area (TPSA) is 34.5 Å². The predicted molar refractivity (Wildman–Crippen MR) is 338 cm³/mol. The summed E-state index contributed by atoms with van der Waals surface area (Å²) in [5.41, 5.74) is 30.2. The lowest BCUT2D eigenvalue weighted by Gasteiger charge is -2.32. The lowest BCUT2D eigenvalue weighted by molar-refractivity contribution is 0.600. The van der Waals surface area contributed by atoms with Crippen molar-refractivity contribution in [3.05, 3.63) is 251 Å². The Morgan fingerprint density at radius 3 is 1.68 bits per heavy atom. The first-order chi connectivity index (χ1) is 39.3. The summed E-state index contributed by atoms with van der Waals surface area (Å²) in [6.45, 7) is 19.1. The first-order valence-electron chi connectivity index (χ1n) is 28.7. The van der Waals surface area contributed by atoms with Crippen LogP contribution >= 0.6 is 0 Å². The third-order valence-corrected chi connectivity index (χ3v) is 19.3. The fraction of sp³-hybridized carbons (Fsp3) is 0.143. The van der Waals surface area contributed by atoms with Crippen molar-refractivity contribution in [3.8, 4) is 50.2 Å². The van der Waals surface area contributed by atoms with Crippen molar-refractivity contribution in [1.82, 2.24) is 4.57 Å². The molecule has 0 aliphatic heterocycles. The van der Waals surface area contributed by atoms with Gasteiger partial charge in [-0.25, -0.2) is 0 Å².